The van der Waals surface area contributed by atoms with Gasteiger partial charge in [0.25, 0.3) is 5.69 Å². The largest absolute Gasteiger partial charge is 0.457 e. The second-order valence-electron chi connectivity index (χ2n) is 6.27. The molecule has 0 atom stereocenters. The Morgan fingerprint density at radius 1 is 1.17 bits per heavy atom. The number of hydrogen-bond donors (Lipinski definition) is 1. The summed E-state index contributed by atoms with van der Waals surface area (Å²) in [6.45, 7) is 3.46. The Hall–Kier alpha value is -3.10. The summed E-state index contributed by atoms with van der Waals surface area (Å²) < 4.78 is 7.15. The molecular weight excluding hydrogens is 419 g/mol. The van der Waals surface area contributed by atoms with Crippen LogP contribution in [0.5, 0.6) is 11.5 Å². The fourth-order valence-electron chi connectivity index (χ4n) is 2.56. The highest BCUT2D eigenvalue weighted by atomic mass is 35.5. The lowest BCUT2D eigenvalue weighted by atomic mass is 10.2. The van der Waals surface area contributed by atoms with E-state index in [-0.39, 0.29) is 23.7 Å². The van der Waals surface area contributed by atoms with Gasteiger partial charge < -0.3 is 10.1 Å². The van der Waals surface area contributed by atoms with Gasteiger partial charge in [-0.3, -0.25) is 19.6 Å². The van der Waals surface area contributed by atoms with Gasteiger partial charge in [0.1, 0.15) is 18.0 Å². The summed E-state index contributed by atoms with van der Waals surface area (Å²) in [5, 5.41) is 18.9. The van der Waals surface area contributed by atoms with Gasteiger partial charge in [0.15, 0.2) is 0 Å². The molecule has 0 fully saturated rings. The van der Waals surface area contributed by atoms with Crippen LogP contribution in [0.15, 0.2) is 42.6 Å². The number of nitrogens with one attached hydrogen (secondary N) is 1. The minimum Gasteiger partial charge on any atom is -0.457 e. The SMILES string of the molecule is Cc1cc(Oc2cc(NC(=O)Cn3ncc(Cl)c3C)cc([N+](=O)[O-])c2)ccc1Cl. The van der Waals surface area contributed by atoms with E-state index in [4.69, 9.17) is 27.9 Å². The van der Waals surface area contributed by atoms with Crippen LogP contribution in [0, 0.1) is 24.0 Å². The van der Waals surface area contributed by atoms with E-state index in [0.717, 1.165) is 5.56 Å². The Labute approximate surface area is 176 Å². The van der Waals surface area contributed by atoms with Crippen molar-refractivity contribution in [1.82, 2.24) is 9.78 Å². The summed E-state index contributed by atoms with van der Waals surface area (Å²) in [6, 6.07) is 9.06. The topological polar surface area (TPSA) is 99.3 Å². The minimum absolute atomic E-state index is 0.0895. The lowest BCUT2D eigenvalue weighted by Crippen LogP contribution is -2.20. The third kappa shape index (κ3) is 5.04. The van der Waals surface area contributed by atoms with E-state index in [0.29, 0.717) is 21.5 Å². The van der Waals surface area contributed by atoms with Crippen LogP contribution in [-0.2, 0) is 11.3 Å². The van der Waals surface area contributed by atoms with Crippen molar-refractivity contribution in [3.63, 3.8) is 0 Å². The first-order chi connectivity index (χ1) is 13.7. The van der Waals surface area contributed by atoms with Crippen LogP contribution >= 0.6 is 23.2 Å². The molecule has 0 saturated heterocycles. The van der Waals surface area contributed by atoms with Gasteiger partial charge in [-0.05, 0) is 37.6 Å². The van der Waals surface area contributed by atoms with Crippen molar-refractivity contribution in [1.29, 1.82) is 0 Å². The Balaban J connectivity index is 1.82. The van der Waals surface area contributed by atoms with Crippen LogP contribution in [0.1, 0.15) is 11.3 Å². The number of nitro groups is 1. The number of hydrogen-bond acceptors (Lipinski definition) is 5. The quantitative estimate of drug-likeness (QED) is 0.427. The molecule has 0 spiro atoms. The first-order valence-electron chi connectivity index (χ1n) is 8.44. The zero-order chi connectivity index (χ0) is 21.1. The van der Waals surface area contributed by atoms with Crippen LogP contribution in [0.3, 0.4) is 0 Å². The van der Waals surface area contributed by atoms with Gasteiger partial charge in [-0.2, -0.15) is 5.10 Å². The van der Waals surface area contributed by atoms with Gasteiger partial charge in [0, 0.05) is 17.2 Å². The minimum atomic E-state index is -0.562. The third-order valence-electron chi connectivity index (χ3n) is 4.09. The number of nitrogens with zero attached hydrogens (tertiary/aromatic N) is 3. The van der Waals surface area contributed by atoms with Crippen molar-refractivity contribution >= 4 is 40.5 Å². The summed E-state index contributed by atoms with van der Waals surface area (Å²) in [4.78, 5) is 23.0. The number of aromatic nitrogens is 2. The molecule has 3 rings (SSSR count). The molecule has 8 nitrogen and oxygen atoms in total. The molecule has 29 heavy (non-hydrogen) atoms. The molecule has 3 aromatic rings. The Morgan fingerprint density at radius 3 is 2.55 bits per heavy atom. The first-order valence-corrected chi connectivity index (χ1v) is 9.20. The van der Waals surface area contributed by atoms with E-state index in [1.807, 2.05) is 6.92 Å². The lowest BCUT2D eigenvalue weighted by Gasteiger charge is -2.11. The molecule has 1 amide bonds. The predicted octanol–water partition coefficient (Wildman–Crippen LogP) is 5.15. The molecular formula is C19H16Cl2N4O4. The molecule has 150 valence electrons. The van der Waals surface area contributed by atoms with Gasteiger partial charge in [-0.1, -0.05) is 23.2 Å². The van der Waals surface area contributed by atoms with Crippen molar-refractivity contribution in [2.45, 2.75) is 20.4 Å². The highest BCUT2D eigenvalue weighted by molar-refractivity contribution is 6.31. The van der Waals surface area contributed by atoms with Crippen LogP contribution in [0.25, 0.3) is 0 Å². The molecule has 1 aromatic heterocycles. The number of halogens is 2. The Morgan fingerprint density at radius 2 is 1.93 bits per heavy atom. The highest BCUT2D eigenvalue weighted by Crippen LogP contribution is 2.31. The maximum Gasteiger partial charge on any atom is 0.275 e. The van der Waals surface area contributed by atoms with Crippen molar-refractivity contribution in [2.75, 3.05) is 5.32 Å². The van der Waals surface area contributed by atoms with Crippen molar-refractivity contribution in [3.05, 3.63) is 74.0 Å². The van der Waals surface area contributed by atoms with E-state index in [2.05, 4.69) is 10.4 Å². The van der Waals surface area contributed by atoms with Gasteiger partial charge in [-0.15, -0.1) is 0 Å². The van der Waals surface area contributed by atoms with Crippen LogP contribution < -0.4 is 10.1 Å². The molecule has 0 unspecified atom stereocenters. The summed E-state index contributed by atoms with van der Waals surface area (Å²) in [5.41, 5.74) is 1.45. The fourth-order valence-corrected chi connectivity index (χ4v) is 2.81. The van der Waals surface area contributed by atoms with E-state index in [1.165, 1.54) is 29.1 Å². The highest BCUT2D eigenvalue weighted by Gasteiger charge is 2.15. The average molecular weight is 435 g/mol. The number of rotatable bonds is 6. The maximum atomic E-state index is 12.3. The average Bonchev–Trinajstić information content (AvgIpc) is 2.96. The summed E-state index contributed by atoms with van der Waals surface area (Å²) in [5.74, 6) is 0.252. The van der Waals surface area contributed by atoms with E-state index in [9.17, 15) is 14.9 Å². The van der Waals surface area contributed by atoms with Crippen LogP contribution in [0.2, 0.25) is 10.0 Å². The second-order valence-corrected chi connectivity index (χ2v) is 7.08. The predicted molar refractivity (Wildman–Crippen MR) is 110 cm³/mol. The summed E-state index contributed by atoms with van der Waals surface area (Å²) in [6.07, 6.45) is 1.44. The van der Waals surface area contributed by atoms with Gasteiger partial charge in [-0.25, -0.2) is 0 Å². The summed E-state index contributed by atoms with van der Waals surface area (Å²) in [7, 11) is 0. The summed E-state index contributed by atoms with van der Waals surface area (Å²) >= 11 is 11.9. The van der Waals surface area contributed by atoms with Crippen molar-refractivity contribution in [3.8, 4) is 11.5 Å². The maximum absolute atomic E-state index is 12.3. The second kappa shape index (κ2) is 8.50. The number of aryl methyl sites for hydroxylation is 1. The number of non-ortho nitro benzene ring substituents is 1. The van der Waals surface area contributed by atoms with Crippen molar-refractivity contribution < 1.29 is 14.5 Å². The molecule has 0 saturated carbocycles. The standard InChI is InChI=1S/C19H16Cl2N4O4/c1-11-5-15(3-4-17(11)20)29-16-7-13(6-14(8-16)25(27)28)23-19(26)10-24-12(2)18(21)9-22-24/h3-9H,10H2,1-2H3,(H,23,26). The fraction of sp³-hybridized carbons (Fsp3) is 0.158. The molecule has 0 aliphatic carbocycles. The number of anilines is 1. The first kappa shape index (κ1) is 20.6. The number of carbonyl (C=O) groups is 1. The molecule has 0 aliphatic rings. The monoisotopic (exact) mass is 434 g/mol. The number of ether oxygens (including phenoxy) is 1. The smallest absolute Gasteiger partial charge is 0.275 e. The molecule has 10 heteroatoms. The van der Waals surface area contributed by atoms with Gasteiger partial charge >= 0.3 is 0 Å². The third-order valence-corrected chi connectivity index (χ3v) is 4.88. The Bertz CT molecular complexity index is 1100. The number of nitro benzene ring substituents is 1. The van der Waals surface area contributed by atoms with Gasteiger partial charge in [0.2, 0.25) is 5.91 Å². The number of amides is 1. The Kier molecular flexibility index (Phi) is 6.05. The molecule has 0 aliphatic heterocycles. The molecule has 0 radical (unpaired) electrons. The molecule has 1 N–H and O–H groups in total. The molecule has 1 heterocycles. The molecule has 2 aromatic carbocycles. The normalized spacial score (nSPS) is 10.6. The number of benzene rings is 2. The van der Waals surface area contributed by atoms with Crippen molar-refractivity contribution in [2.24, 2.45) is 0 Å². The number of carbonyl (C=O) groups excluding carboxylic acids is 1. The lowest BCUT2D eigenvalue weighted by molar-refractivity contribution is -0.384. The van der Waals surface area contributed by atoms with Crippen LogP contribution in [-0.4, -0.2) is 20.6 Å². The van der Waals surface area contributed by atoms with Gasteiger partial charge in [0.05, 0.1) is 33.6 Å². The zero-order valence-corrected chi connectivity index (χ0v) is 17.0. The van der Waals surface area contributed by atoms with E-state index >= 15 is 0 Å². The van der Waals surface area contributed by atoms with Crippen LogP contribution in [0.4, 0.5) is 11.4 Å². The molecule has 0 bridgehead atoms. The zero-order valence-electron chi connectivity index (χ0n) is 15.5. The van der Waals surface area contributed by atoms with E-state index < -0.39 is 10.8 Å². The van der Waals surface area contributed by atoms with E-state index in [1.54, 1.807) is 25.1 Å².